The van der Waals surface area contributed by atoms with Crippen molar-refractivity contribution >= 4 is 16.9 Å². The Balaban J connectivity index is 1.59. The van der Waals surface area contributed by atoms with Crippen LogP contribution in [-0.2, 0) is 17.8 Å². The summed E-state index contributed by atoms with van der Waals surface area (Å²) in [5, 5.41) is 1.00. The normalized spacial score (nSPS) is 17.2. The van der Waals surface area contributed by atoms with E-state index in [9.17, 15) is 4.79 Å². The Labute approximate surface area is 140 Å². The van der Waals surface area contributed by atoms with Crippen molar-refractivity contribution < 1.29 is 9.53 Å². The summed E-state index contributed by atoms with van der Waals surface area (Å²) in [5.41, 5.74) is 2.85. The lowest BCUT2D eigenvalue weighted by Gasteiger charge is -2.26. The van der Waals surface area contributed by atoms with Gasteiger partial charge in [0.15, 0.2) is 0 Å². The van der Waals surface area contributed by atoms with Crippen molar-refractivity contribution in [2.24, 2.45) is 0 Å². The molecule has 122 valence electrons. The molecule has 2 aromatic heterocycles. The molecule has 0 radical (unpaired) electrons. The second-order valence-corrected chi connectivity index (χ2v) is 6.18. The molecule has 4 rings (SSSR count). The fraction of sp³-hybridized carbons (Fsp3) is 0.263. The zero-order valence-corrected chi connectivity index (χ0v) is 13.5. The summed E-state index contributed by atoms with van der Waals surface area (Å²) in [6, 6.07) is 11.8. The number of ether oxygens (including phenoxy) is 1. The fourth-order valence-electron chi connectivity index (χ4n) is 3.17. The first kappa shape index (κ1) is 14.8. The monoisotopic (exact) mass is 321 g/mol. The summed E-state index contributed by atoms with van der Waals surface area (Å²) in [4.78, 5) is 22.2. The Bertz CT molecular complexity index is 887. The summed E-state index contributed by atoms with van der Waals surface area (Å²) in [6.07, 6.45) is 3.98. The molecule has 1 aliphatic heterocycles. The number of nitrogens with one attached hydrogen (secondary N) is 1. The molecule has 1 N–H and O–H groups in total. The minimum absolute atomic E-state index is 0.0354. The van der Waals surface area contributed by atoms with Crippen LogP contribution in [0.3, 0.4) is 0 Å². The molecule has 1 aromatic carbocycles. The van der Waals surface area contributed by atoms with E-state index in [1.54, 1.807) is 6.20 Å². The van der Waals surface area contributed by atoms with Crippen LogP contribution in [0.1, 0.15) is 18.1 Å². The van der Waals surface area contributed by atoms with Crippen molar-refractivity contribution in [3.8, 4) is 5.75 Å². The van der Waals surface area contributed by atoms with E-state index >= 15 is 0 Å². The number of benzene rings is 1. The first-order chi connectivity index (χ1) is 11.7. The van der Waals surface area contributed by atoms with E-state index in [1.807, 2.05) is 54.4 Å². The smallest absolute Gasteiger partial charge is 0.227 e. The number of hydrogen-bond donors (Lipinski definition) is 1. The Morgan fingerprint density at radius 2 is 2.21 bits per heavy atom. The van der Waals surface area contributed by atoms with Gasteiger partial charge >= 0.3 is 0 Å². The molecule has 24 heavy (non-hydrogen) atoms. The van der Waals surface area contributed by atoms with E-state index in [4.69, 9.17) is 4.74 Å². The maximum Gasteiger partial charge on any atom is 0.227 e. The van der Waals surface area contributed by atoms with Gasteiger partial charge in [0.05, 0.1) is 12.5 Å². The van der Waals surface area contributed by atoms with Crippen molar-refractivity contribution in [2.45, 2.75) is 25.9 Å². The zero-order chi connectivity index (χ0) is 16.5. The van der Waals surface area contributed by atoms with Crippen molar-refractivity contribution in [3.63, 3.8) is 0 Å². The lowest BCUT2D eigenvalue weighted by molar-refractivity contribution is -0.133. The molecule has 0 fully saturated rings. The van der Waals surface area contributed by atoms with Crippen LogP contribution in [0.2, 0.25) is 0 Å². The number of hydrogen-bond acceptors (Lipinski definition) is 3. The number of nitrogens with zero attached hydrogens (tertiary/aromatic N) is 2. The summed E-state index contributed by atoms with van der Waals surface area (Å²) >= 11 is 0. The van der Waals surface area contributed by atoms with Crippen LogP contribution in [0.5, 0.6) is 5.75 Å². The summed E-state index contributed by atoms with van der Waals surface area (Å²) in [6.45, 7) is 3.12. The number of fused-ring (bicyclic) bond motifs is 2. The lowest BCUT2D eigenvalue weighted by Crippen LogP contribution is -2.40. The molecule has 0 spiro atoms. The van der Waals surface area contributed by atoms with Crippen LogP contribution in [0.15, 0.2) is 48.8 Å². The van der Waals surface area contributed by atoms with Crippen LogP contribution >= 0.6 is 0 Å². The minimum atomic E-state index is 0.0354. The molecule has 0 saturated carbocycles. The second-order valence-electron chi connectivity index (χ2n) is 6.18. The van der Waals surface area contributed by atoms with Gasteiger partial charge < -0.3 is 14.6 Å². The van der Waals surface area contributed by atoms with Gasteiger partial charge in [-0.15, -0.1) is 0 Å². The first-order valence-corrected chi connectivity index (χ1v) is 8.13. The predicted molar refractivity (Wildman–Crippen MR) is 91.7 cm³/mol. The number of para-hydroxylation sites is 1. The minimum Gasteiger partial charge on any atom is -0.491 e. The Morgan fingerprint density at radius 1 is 1.33 bits per heavy atom. The Morgan fingerprint density at radius 3 is 3.12 bits per heavy atom. The molecule has 0 aliphatic carbocycles. The van der Waals surface area contributed by atoms with Crippen LogP contribution < -0.4 is 4.74 Å². The summed E-state index contributed by atoms with van der Waals surface area (Å²) in [5.74, 6) is 0.975. The third kappa shape index (κ3) is 2.62. The number of pyridine rings is 1. The van der Waals surface area contributed by atoms with Gasteiger partial charge in [0.25, 0.3) is 0 Å². The number of H-pyrrole nitrogens is 1. The van der Waals surface area contributed by atoms with Gasteiger partial charge in [0.2, 0.25) is 5.91 Å². The highest BCUT2D eigenvalue weighted by atomic mass is 16.5. The van der Waals surface area contributed by atoms with Gasteiger partial charge in [-0.25, -0.2) is 4.98 Å². The van der Waals surface area contributed by atoms with Crippen molar-refractivity contribution in [3.05, 3.63) is 59.9 Å². The summed E-state index contributed by atoms with van der Waals surface area (Å²) in [7, 11) is 0. The van der Waals surface area contributed by atoms with Crippen molar-refractivity contribution in [2.75, 3.05) is 6.61 Å². The molecule has 1 atom stereocenters. The molecular formula is C19H19N3O2. The molecule has 3 heterocycles. The maximum absolute atomic E-state index is 12.9. The highest BCUT2D eigenvalue weighted by Crippen LogP contribution is 2.26. The van der Waals surface area contributed by atoms with Crippen LogP contribution in [-0.4, -0.2) is 33.4 Å². The number of amides is 1. The largest absolute Gasteiger partial charge is 0.491 e. The number of carbonyl (C=O) groups is 1. The predicted octanol–water partition coefficient (Wildman–Crippen LogP) is 2.92. The molecule has 5 heteroatoms. The highest BCUT2D eigenvalue weighted by Gasteiger charge is 2.26. The van der Waals surface area contributed by atoms with Crippen LogP contribution in [0.25, 0.3) is 11.0 Å². The van der Waals surface area contributed by atoms with E-state index in [0.717, 1.165) is 27.9 Å². The second kappa shape index (κ2) is 6.00. The standard InChI is InChI=1S/C19H19N3O2/c1-13-12-24-17-7-3-2-5-14(17)11-22(13)18(23)9-15-10-21-19-16(15)6-4-8-20-19/h2-8,10,13H,9,11-12H2,1H3,(H,20,21)/t13-/m0/s1. The van der Waals surface area contributed by atoms with Gasteiger partial charge in [0, 0.05) is 29.9 Å². The third-order valence-electron chi connectivity index (χ3n) is 4.52. The lowest BCUT2D eigenvalue weighted by atomic mass is 10.1. The van der Waals surface area contributed by atoms with E-state index in [0.29, 0.717) is 19.6 Å². The SMILES string of the molecule is C[C@H]1COc2ccccc2CN1C(=O)Cc1c[nH]c2ncccc12. The van der Waals surface area contributed by atoms with Gasteiger partial charge in [-0.3, -0.25) is 4.79 Å². The zero-order valence-electron chi connectivity index (χ0n) is 13.5. The maximum atomic E-state index is 12.9. The van der Waals surface area contributed by atoms with Crippen LogP contribution in [0, 0.1) is 0 Å². The van der Waals surface area contributed by atoms with Gasteiger partial charge in [-0.05, 0) is 30.7 Å². The van der Waals surface area contributed by atoms with E-state index < -0.39 is 0 Å². The Kier molecular flexibility index (Phi) is 3.69. The van der Waals surface area contributed by atoms with Gasteiger partial charge in [-0.2, -0.15) is 0 Å². The van der Waals surface area contributed by atoms with Crippen molar-refractivity contribution in [1.29, 1.82) is 0 Å². The number of aromatic amines is 1. The highest BCUT2D eigenvalue weighted by molar-refractivity contribution is 5.87. The summed E-state index contributed by atoms with van der Waals surface area (Å²) < 4.78 is 5.84. The molecular weight excluding hydrogens is 302 g/mol. The molecule has 1 aliphatic rings. The number of rotatable bonds is 2. The van der Waals surface area contributed by atoms with Crippen molar-refractivity contribution in [1.82, 2.24) is 14.9 Å². The number of carbonyl (C=O) groups excluding carboxylic acids is 1. The van der Waals surface area contributed by atoms with Crippen LogP contribution in [0.4, 0.5) is 0 Å². The topological polar surface area (TPSA) is 58.2 Å². The van der Waals surface area contributed by atoms with E-state index in [-0.39, 0.29) is 11.9 Å². The van der Waals surface area contributed by atoms with E-state index in [1.165, 1.54) is 0 Å². The molecule has 1 amide bonds. The Hall–Kier alpha value is -2.82. The molecule has 0 bridgehead atoms. The average molecular weight is 321 g/mol. The molecule has 0 unspecified atom stereocenters. The molecule has 0 saturated heterocycles. The van der Waals surface area contributed by atoms with Gasteiger partial charge in [-0.1, -0.05) is 18.2 Å². The average Bonchev–Trinajstić information content (AvgIpc) is 2.92. The van der Waals surface area contributed by atoms with E-state index in [2.05, 4.69) is 9.97 Å². The quantitative estimate of drug-likeness (QED) is 0.789. The third-order valence-corrected chi connectivity index (χ3v) is 4.52. The molecule has 5 nitrogen and oxygen atoms in total. The number of aromatic nitrogens is 2. The fourth-order valence-corrected chi connectivity index (χ4v) is 3.17. The molecule has 3 aromatic rings. The van der Waals surface area contributed by atoms with Gasteiger partial charge in [0.1, 0.15) is 18.0 Å². The first-order valence-electron chi connectivity index (χ1n) is 8.13.